The van der Waals surface area contributed by atoms with Gasteiger partial charge in [-0.1, -0.05) is 103 Å². The molecule has 0 amide bonds. The first-order valence-electron chi connectivity index (χ1n) is 14.6. The van der Waals surface area contributed by atoms with E-state index in [0.29, 0.717) is 5.56 Å². The minimum atomic E-state index is -0.730. The smallest absolute Gasteiger partial charge is 0.264 e. The van der Waals surface area contributed by atoms with Gasteiger partial charge in [0.25, 0.3) is 5.91 Å². The molecule has 10 rings (SSSR count). The van der Waals surface area contributed by atoms with Crippen LogP contribution in [-0.2, 0) is 5.41 Å². The van der Waals surface area contributed by atoms with E-state index >= 15 is 0 Å². The molecule has 0 bridgehead atoms. The Labute approximate surface area is 247 Å². The summed E-state index contributed by atoms with van der Waals surface area (Å²) in [5, 5.41) is 2.28. The zero-order chi connectivity index (χ0) is 28.3. The third-order valence-corrected chi connectivity index (χ3v) is 9.53. The van der Waals surface area contributed by atoms with Gasteiger partial charge in [-0.15, -0.1) is 0 Å². The molecule has 1 aliphatic heterocycles. The van der Waals surface area contributed by atoms with Crippen LogP contribution in [0.25, 0.3) is 49.7 Å². The highest BCUT2D eigenvalue weighted by Crippen LogP contribution is 2.58. The summed E-state index contributed by atoms with van der Waals surface area (Å²) in [4.78, 5) is 20.1. The van der Waals surface area contributed by atoms with E-state index in [1.807, 2.05) is 28.8 Å². The van der Waals surface area contributed by atoms with Crippen molar-refractivity contribution in [1.29, 1.82) is 0 Å². The first-order chi connectivity index (χ1) is 21.3. The van der Waals surface area contributed by atoms with Crippen molar-refractivity contribution in [1.82, 2.24) is 14.1 Å². The summed E-state index contributed by atoms with van der Waals surface area (Å²) in [6.45, 7) is 0. The molecule has 4 heteroatoms. The zero-order valence-corrected chi connectivity index (χ0v) is 23.0. The Morgan fingerprint density at radius 2 is 1.07 bits per heavy atom. The molecule has 0 saturated heterocycles. The molecule has 3 heterocycles. The van der Waals surface area contributed by atoms with Gasteiger partial charge in [0.05, 0.1) is 16.6 Å². The normalized spacial score (nSPS) is 14.3. The van der Waals surface area contributed by atoms with Gasteiger partial charge in [0.1, 0.15) is 16.8 Å². The summed E-state index contributed by atoms with van der Waals surface area (Å²) in [5.74, 6) is 0.711. The Bertz CT molecular complexity index is 2440. The van der Waals surface area contributed by atoms with Crippen molar-refractivity contribution in [3.8, 4) is 16.8 Å². The molecular formula is C39H23N3O. The fourth-order valence-corrected chi connectivity index (χ4v) is 7.90. The van der Waals surface area contributed by atoms with Gasteiger partial charge in [-0.2, -0.15) is 0 Å². The number of aromatic nitrogens is 3. The Morgan fingerprint density at radius 3 is 1.79 bits per heavy atom. The lowest BCUT2D eigenvalue weighted by Gasteiger charge is -2.37. The number of carbonyl (C=O) groups excluding carboxylic acids is 1. The van der Waals surface area contributed by atoms with E-state index in [-0.39, 0.29) is 5.91 Å². The minimum Gasteiger partial charge on any atom is -0.307 e. The van der Waals surface area contributed by atoms with Crippen LogP contribution in [0.5, 0.6) is 0 Å². The lowest BCUT2D eigenvalue weighted by Crippen LogP contribution is -2.40. The molecule has 0 atom stereocenters. The van der Waals surface area contributed by atoms with Gasteiger partial charge in [-0.25, -0.2) is 4.98 Å². The van der Waals surface area contributed by atoms with Gasteiger partial charge < -0.3 is 4.57 Å². The molecule has 2 aliphatic rings. The molecule has 6 aromatic carbocycles. The third-order valence-electron chi connectivity index (χ3n) is 9.53. The average molecular weight is 550 g/mol. The fraction of sp³-hybridized carbons (Fsp3) is 0.0256. The summed E-state index contributed by atoms with van der Waals surface area (Å²) in [7, 11) is 0. The molecular weight excluding hydrogens is 526 g/mol. The van der Waals surface area contributed by atoms with E-state index in [1.54, 1.807) is 0 Å². The highest BCUT2D eigenvalue weighted by Gasteiger charge is 2.53. The minimum absolute atomic E-state index is 0.0395. The third kappa shape index (κ3) is 2.63. The van der Waals surface area contributed by atoms with Crippen LogP contribution in [0.3, 0.4) is 0 Å². The van der Waals surface area contributed by atoms with Crippen molar-refractivity contribution in [2.45, 2.75) is 5.41 Å². The second kappa shape index (κ2) is 7.96. The molecule has 0 fully saturated rings. The van der Waals surface area contributed by atoms with Crippen molar-refractivity contribution in [2.75, 3.05) is 0 Å². The topological polar surface area (TPSA) is 39.8 Å². The number of carbonyl (C=O) groups is 1. The van der Waals surface area contributed by atoms with Crippen molar-refractivity contribution in [3.05, 3.63) is 168 Å². The monoisotopic (exact) mass is 549 g/mol. The van der Waals surface area contributed by atoms with Crippen molar-refractivity contribution >= 4 is 38.7 Å². The second-order valence-corrected chi connectivity index (χ2v) is 11.5. The van der Waals surface area contributed by atoms with E-state index < -0.39 is 5.41 Å². The van der Waals surface area contributed by atoms with Gasteiger partial charge >= 0.3 is 0 Å². The number of benzene rings is 6. The summed E-state index contributed by atoms with van der Waals surface area (Å²) in [6, 6.07) is 48.5. The number of hydrogen-bond acceptors (Lipinski definition) is 2. The van der Waals surface area contributed by atoms with Gasteiger partial charge in [-0.05, 0) is 64.2 Å². The maximum absolute atomic E-state index is 14.5. The SMILES string of the molecule is O=C1c2ccccc2C2(c3ccccc3-c3ccccc32)c2nc3c(ccc4c5ccccc5n(-c5ccccc5)c43)n21. The number of nitrogens with zero attached hydrogens (tertiary/aromatic N) is 3. The number of imidazole rings is 1. The molecule has 2 aromatic heterocycles. The van der Waals surface area contributed by atoms with E-state index in [4.69, 9.17) is 4.98 Å². The highest BCUT2D eigenvalue weighted by atomic mass is 16.2. The highest BCUT2D eigenvalue weighted by molar-refractivity contribution is 6.19. The molecule has 8 aromatic rings. The number of fused-ring (bicyclic) bond motifs is 15. The molecule has 4 nitrogen and oxygen atoms in total. The average Bonchev–Trinajstić information content (AvgIpc) is 3.72. The van der Waals surface area contributed by atoms with Crippen molar-refractivity contribution in [2.24, 2.45) is 0 Å². The number of hydrogen-bond donors (Lipinski definition) is 0. The van der Waals surface area contributed by atoms with E-state index in [9.17, 15) is 4.79 Å². The first kappa shape index (κ1) is 22.9. The largest absolute Gasteiger partial charge is 0.307 e. The fourth-order valence-electron chi connectivity index (χ4n) is 7.90. The van der Waals surface area contributed by atoms with Crippen LogP contribution in [0.2, 0.25) is 0 Å². The van der Waals surface area contributed by atoms with Crippen LogP contribution < -0.4 is 0 Å². The predicted octanol–water partition coefficient (Wildman–Crippen LogP) is 8.50. The van der Waals surface area contributed by atoms with Crippen LogP contribution in [0.1, 0.15) is 32.9 Å². The Morgan fingerprint density at radius 1 is 0.488 bits per heavy atom. The van der Waals surface area contributed by atoms with Crippen LogP contribution in [0, 0.1) is 0 Å². The molecule has 0 saturated carbocycles. The summed E-state index contributed by atoms with van der Waals surface area (Å²) in [5.41, 5.74) is 10.5. The molecule has 0 unspecified atom stereocenters. The molecule has 1 aliphatic carbocycles. The van der Waals surface area contributed by atoms with E-state index in [1.165, 1.54) is 11.1 Å². The Balaban J connectivity index is 1.44. The quantitative estimate of drug-likeness (QED) is 0.206. The molecule has 0 N–H and O–H groups in total. The van der Waals surface area contributed by atoms with Crippen LogP contribution in [0.15, 0.2) is 140 Å². The van der Waals surface area contributed by atoms with Crippen LogP contribution in [0.4, 0.5) is 0 Å². The predicted molar refractivity (Wildman–Crippen MR) is 171 cm³/mol. The first-order valence-corrected chi connectivity index (χ1v) is 14.6. The van der Waals surface area contributed by atoms with Gasteiger partial charge in [0, 0.05) is 22.0 Å². The maximum Gasteiger partial charge on any atom is 0.264 e. The lowest BCUT2D eigenvalue weighted by molar-refractivity contribution is 0.0951. The van der Waals surface area contributed by atoms with E-state index in [0.717, 1.165) is 61.0 Å². The Kier molecular flexibility index (Phi) is 4.24. The molecule has 1 spiro atoms. The summed E-state index contributed by atoms with van der Waals surface area (Å²) >= 11 is 0. The molecule has 43 heavy (non-hydrogen) atoms. The molecule has 0 radical (unpaired) electrons. The lowest BCUT2D eigenvalue weighted by atomic mass is 9.68. The van der Waals surface area contributed by atoms with E-state index in [2.05, 4.69) is 120 Å². The van der Waals surface area contributed by atoms with Crippen LogP contribution >= 0.6 is 0 Å². The number of rotatable bonds is 1. The second-order valence-electron chi connectivity index (χ2n) is 11.5. The summed E-state index contributed by atoms with van der Waals surface area (Å²) in [6.07, 6.45) is 0. The van der Waals surface area contributed by atoms with Gasteiger partial charge in [-0.3, -0.25) is 9.36 Å². The van der Waals surface area contributed by atoms with Crippen molar-refractivity contribution in [3.63, 3.8) is 0 Å². The standard InChI is InChI=1S/C39H23N3O/c43-37-29-17-6-10-20-32(29)39(30-18-8-4-14-25(30)26-15-5-9-19-31(26)39)38-40-35-34(42(37)38)23-22-28-27-16-7-11-21-33(27)41(36(28)35)24-12-2-1-3-13-24/h1-23H. The summed E-state index contributed by atoms with van der Waals surface area (Å²) < 4.78 is 4.19. The van der Waals surface area contributed by atoms with Gasteiger partial charge in [0.2, 0.25) is 0 Å². The number of para-hydroxylation sites is 2. The zero-order valence-electron chi connectivity index (χ0n) is 23.0. The maximum atomic E-state index is 14.5. The Hall–Kier alpha value is -5.74. The van der Waals surface area contributed by atoms with Crippen molar-refractivity contribution < 1.29 is 4.79 Å². The molecule has 200 valence electrons. The van der Waals surface area contributed by atoms with Crippen LogP contribution in [-0.4, -0.2) is 20.0 Å². The van der Waals surface area contributed by atoms with Gasteiger partial charge in [0.15, 0.2) is 0 Å².